The van der Waals surface area contributed by atoms with Crippen LogP contribution in [0.2, 0.25) is 0 Å². The van der Waals surface area contributed by atoms with Gasteiger partial charge < -0.3 is 59.8 Å². The minimum Gasteiger partial charge on any atom is -0.457 e. The van der Waals surface area contributed by atoms with Crippen molar-refractivity contribution < 1.29 is 28.6 Å². The first-order chi connectivity index (χ1) is 49.1. The number of piperidine rings is 2. The van der Waals surface area contributed by atoms with Crippen LogP contribution < -0.4 is 48.1 Å². The molecule has 510 valence electrons. The van der Waals surface area contributed by atoms with E-state index in [1.54, 1.807) is 14.7 Å². The Morgan fingerprint density at radius 2 is 0.653 bits per heavy atom. The van der Waals surface area contributed by atoms with Crippen LogP contribution in [0.1, 0.15) is 50.2 Å². The zero-order valence-corrected chi connectivity index (χ0v) is 55.1. The second kappa shape index (κ2) is 29.4. The molecule has 3 aliphatic rings. The maximum atomic E-state index is 12.9. The molecule has 24 heteroatoms. The largest absolute Gasteiger partial charge is 0.457 e. The maximum Gasteiger partial charge on any atom is 0.288 e. The molecule has 0 saturated carbocycles. The van der Waals surface area contributed by atoms with Crippen LogP contribution in [-0.2, 0) is 14.4 Å². The Morgan fingerprint density at radius 1 is 0.386 bits per heavy atom. The first-order valence-electron chi connectivity index (χ1n) is 33.0. The first-order valence-corrected chi connectivity index (χ1v) is 33.0. The van der Waals surface area contributed by atoms with Gasteiger partial charge in [0.05, 0.1) is 34.3 Å². The Bertz CT molecular complexity index is 5020. The molecule has 9 N–H and O–H groups in total. The SMILES string of the molecule is C=CC(=O)N1CCCC(n2cc(-c3ccc(Oc4ccccc4)cc3)c3c(N)n[nH]c(=O)c32)C1.C=CC(=O)N1CCC[C@@H](n2cc(-c3ccc(Oc4ccccc4)cc3)c3c(N)n[nH]c(=O)c32)C1.C=CC(=O)N1CC[C@H](n2cc(-c3ccc(Oc4ccccc4)cc3)c3c(N)n[nH]c(=O)c32)C1. The molecule has 9 heterocycles. The van der Waals surface area contributed by atoms with Gasteiger partial charge in [0.2, 0.25) is 17.7 Å². The molecule has 101 heavy (non-hydrogen) atoms. The molecule has 0 bridgehead atoms. The highest BCUT2D eigenvalue weighted by molar-refractivity contribution is 6.04. The smallest absolute Gasteiger partial charge is 0.288 e. The van der Waals surface area contributed by atoms with Gasteiger partial charge in [-0.05, 0) is 140 Å². The summed E-state index contributed by atoms with van der Waals surface area (Å²) >= 11 is 0. The van der Waals surface area contributed by atoms with Crippen molar-refractivity contribution in [2.45, 2.75) is 50.2 Å². The van der Waals surface area contributed by atoms with E-state index in [-0.39, 0.29) is 70.0 Å². The van der Waals surface area contributed by atoms with E-state index in [4.69, 9.17) is 31.4 Å². The fourth-order valence-corrected chi connectivity index (χ4v) is 13.5. The van der Waals surface area contributed by atoms with Crippen molar-refractivity contribution in [2.75, 3.05) is 56.5 Å². The highest BCUT2D eigenvalue weighted by Crippen LogP contribution is 2.41. The molecule has 24 nitrogen and oxygen atoms in total. The number of benzene rings is 6. The number of ether oxygens (including phenoxy) is 3. The molecule has 6 aromatic carbocycles. The number of nitrogens with two attached hydrogens (primary N) is 3. The number of carbonyl (C=O) groups is 3. The minimum atomic E-state index is -0.317. The summed E-state index contributed by atoms with van der Waals surface area (Å²) < 4.78 is 23.5. The third-order valence-corrected chi connectivity index (χ3v) is 18.4. The maximum absolute atomic E-state index is 12.9. The minimum absolute atomic E-state index is 0.0475. The molecule has 3 saturated heterocycles. The number of aromatic nitrogens is 9. The summed E-state index contributed by atoms with van der Waals surface area (Å²) in [5.74, 6) is 4.79. The topological polar surface area (TPSA) is 319 Å². The number of nitrogens with zero attached hydrogens (tertiary/aromatic N) is 9. The molecular formula is C77H73N15O9. The Kier molecular flexibility index (Phi) is 19.4. The van der Waals surface area contributed by atoms with E-state index in [1.807, 2.05) is 196 Å². The fraction of sp³-hybridized carbons (Fsp3) is 0.182. The van der Waals surface area contributed by atoms with Gasteiger partial charge in [-0.2, -0.15) is 15.3 Å². The predicted octanol–water partition coefficient (Wildman–Crippen LogP) is 12.0. The average molecular weight is 1350 g/mol. The van der Waals surface area contributed by atoms with Gasteiger partial charge >= 0.3 is 0 Å². The number of amides is 3. The summed E-state index contributed by atoms with van der Waals surface area (Å²) in [7, 11) is 0. The second-order valence-corrected chi connectivity index (χ2v) is 24.7. The number of nitrogens with one attached hydrogen (secondary N) is 3. The van der Waals surface area contributed by atoms with Crippen molar-refractivity contribution in [3.05, 3.63) is 251 Å². The van der Waals surface area contributed by atoms with Gasteiger partial charge in [-0.1, -0.05) is 111 Å². The first kappa shape index (κ1) is 66.6. The van der Waals surface area contributed by atoms with Gasteiger partial charge in [-0.3, -0.25) is 28.8 Å². The van der Waals surface area contributed by atoms with E-state index in [2.05, 4.69) is 50.3 Å². The van der Waals surface area contributed by atoms with E-state index in [1.165, 1.54) is 18.2 Å². The second-order valence-electron chi connectivity index (χ2n) is 24.7. The standard InChI is InChI=1S/2C26H25N5O3.C25H23N5O3/c2*1-2-22(32)30-14-6-7-18(15-30)31-16-21(23-24(31)26(33)29-28-25(23)27)17-10-12-20(13-11-17)34-19-8-4-3-5-9-19;1-2-21(31)29-13-12-17(14-29)30-15-20(22-23(30)25(32)28-27-24(22)26)16-8-10-19(11-9-16)33-18-6-4-3-5-7-18/h2*2-5,8-13,16,18H,1,6-7,14-15H2,(H2,27,28)(H,29,33);2-11,15,17H,1,12-14H2,(H2,26,27)(H,28,32)/t18-;;17-/m1.0/s1. The van der Waals surface area contributed by atoms with Gasteiger partial charge in [-0.15, -0.1) is 0 Å². The third-order valence-electron chi connectivity index (χ3n) is 18.4. The van der Waals surface area contributed by atoms with Crippen LogP contribution >= 0.6 is 0 Å². The molecule has 6 aromatic heterocycles. The molecule has 15 rings (SSSR count). The number of aromatic amines is 3. The quantitative estimate of drug-likeness (QED) is 0.0520. The van der Waals surface area contributed by atoms with Crippen molar-refractivity contribution in [1.82, 2.24) is 59.0 Å². The number of hydrogen-bond donors (Lipinski definition) is 6. The van der Waals surface area contributed by atoms with Gasteiger partial charge in [0, 0.05) is 74.5 Å². The van der Waals surface area contributed by atoms with E-state index >= 15 is 0 Å². The summed E-state index contributed by atoms with van der Waals surface area (Å²) in [4.78, 5) is 80.2. The number of likely N-dealkylation sites (tertiary alicyclic amines) is 3. The van der Waals surface area contributed by atoms with Crippen LogP contribution in [0.3, 0.4) is 0 Å². The number of carbonyl (C=O) groups excluding carboxylic acids is 3. The van der Waals surface area contributed by atoms with Crippen LogP contribution in [0, 0.1) is 0 Å². The van der Waals surface area contributed by atoms with Crippen LogP contribution in [0.4, 0.5) is 17.5 Å². The van der Waals surface area contributed by atoms with Crippen molar-refractivity contribution in [3.63, 3.8) is 0 Å². The van der Waals surface area contributed by atoms with Crippen LogP contribution in [0.5, 0.6) is 34.5 Å². The highest BCUT2D eigenvalue weighted by atomic mass is 16.5. The van der Waals surface area contributed by atoms with Crippen molar-refractivity contribution in [3.8, 4) is 67.9 Å². The lowest BCUT2D eigenvalue weighted by Gasteiger charge is -2.33. The van der Waals surface area contributed by atoms with E-state index in [0.717, 1.165) is 82.7 Å². The number of anilines is 3. The van der Waals surface area contributed by atoms with E-state index in [0.29, 0.717) is 89.2 Å². The van der Waals surface area contributed by atoms with Gasteiger partial charge in [0.1, 0.15) is 51.0 Å². The zero-order valence-electron chi connectivity index (χ0n) is 55.1. The molecule has 3 fully saturated rings. The molecule has 3 atom stereocenters. The Balaban J connectivity index is 0.000000135. The molecule has 0 aliphatic carbocycles. The van der Waals surface area contributed by atoms with E-state index < -0.39 is 0 Å². The number of fused-ring (bicyclic) bond motifs is 3. The Hall–Kier alpha value is -13.0. The Morgan fingerprint density at radius 3 is 0.941 bits per heavy atom. The summed E-state index contributed by atoms with van der Waals surface area (Å²) in [5.41, 5.74) is 24.2. The van der Waals surface area contributed by atoms with Crippen molar-refractivity contribution in [1.29, 1.82) is 0 Å². The number of nitrogen functional groups attached to an aromatic ring is 3. The average Bonchev–Trinajstić information content (AvgIpc) is 1.62. The lowest BCUT2D eigenvalue weighted by molar-refractivity contribution is -0.128. The predicted molar refractivity (Wildman–Crippen MR) is 391 cm³/mol. The molecular weight excluding hydrogens is 1280 g/mol. The van der Waals surface area contributed by atoms with Gasteiger partial charge in [0.25, 0.3) is 16.7 Å². The highest BCUT2D eigenvalue weighted by Gasteiger charge is 2.32. The molecule has 12 aromatic rings. The monoisotopic (exact) mass is 1350 g/mol. The zero-order chi connectivity index (χ0) is 70.3. The summed E-state index contributed by atoms with van der Waals surface area (Å²) in [6.45, 7) is 14.2. The van der Waals surface area contributed by atoms with Gasteiger partial charge in [0.15, 0.2) is 17.5 Å². The normalized spacial score (nSPS) is 15.8. The molecule has 3 aliphatic heterocycles. The Labute approximate surface area is 578 Å². The number of para-hydroxylation sites is 3. The molecule has 0 radical (unpaired) electrons. The third kappa shape index (κ3) is 14.1. The number of rotatable bonds is 15. The molecule has 3 amide bonds. The summed E-state index contributed by atoms with van der Waals surface area (Å²) in [5, 5.41) is 21.3. The van der Waals surface area contributed by atoms with Gasteiger partial charge in [-0.25, -0.2) is 15.3 Å². The van der Waals surface area contributed by atoms with Crippen molar-refractivity contribution in [2.24, 2.45) is 0 Å². The lowest BCUT2D eigenvalue weighted by atomic mass is 10.1. The van der Waals surface area contributed by atoms with E-state index in [9.17, 15) is 28.8 Å². The van der Waals surface area contributed by atoms with Crippen molar-refractivity contribution >= 4 is 67.9 Å². The van der Waals surface area contributed by atoms with Crippen LogP contribution in [-0.4, -0.2) is 116 Å². The lowest BCUT2D eigenvalue weighted by Crippen LogP contribution is -2.40. The van der Waals surface area contributed by atoms with Crippen LogP contribution in [0.25, 0.3) is 66.1 Å². The van der Waals surface area contributed by atoms with Crippen LogP contribution in [0.15, 0.2) is 235 Å². The summed E-state index contributed by atoms with van der Waals surface area (Å²) in [6.07, 6.45) is 13.9. The molecule has 0 spiro atoms. The number of H-pyrrole nitrogens is 3. The summed E-state index contributed by atoms with van der Waals surface area (Å²) in [6, 6.07) is 51.4. The fourth-order valence-electron chi connectivity index (χ4n) is 13.5. The number of hydrogen-bond acceptors (Lipinski definition) is 15. The molecule has 1 unspecified atom stereocenters.